The standard InChI is InChI=1S/C9H5N3/c10-6-9(7-11)12-8-4-2-1-3-5-8/h1-5H. The Labute approximate surface area is 70.2 Å². The smallest absolute Gasteiger partial charge is 0.218 e. The molecule has 3 heteroatoms. The molecular formula is C9H5N3. The maximum Gasteiger partial charge on any atom is 0.218 e. The molecule has 0 atom stereocenters. The molecule has 0 unspecified atom stereocenters. The van der Waals surface area contributed by atoms with E-state index < -0.39 is 0 Å². The van der Waals surface area contributed by atoms with Crippen LogP contribution in [0.2, 0.25) is 0 Å². The Morgan fingerprint density at radius 3 is 2.17 bits per heavy atom. The summed E-state index contributed by atoms with van der Waals surface area (Å²) in [6.45, 7) is 0. The van der Waals surface area contributed by atoms with Crippen LogP contribution < -0.4 is 0 Å². The van der Waals surface area contributed by atoms with E-state index in [9.17, 15) is 0 Å². The second-order valence-electron chi connectivity index (χ2n) is 2.02. The summed E-state index contributed by atoms with van der Waals surface area (Å²) in [5.41, 5.74) is 0.497. The maximum absolute atomic E-state index is 8.38. The molecule has 0 radical (unpaired) electrons. The van der Waals surface area contributed by atoms with E-state index >= 15 is 0 Å². The minimum absolute atomic E-state index is 0.124. The average Bonchev–Trinajstić information content (AvgIpc) is 2.16. The van der Waals surface area contributed by atoms with Crippen LogP contribution >= 0.6 is 0 Å². The Bertz CT molecular complexity index is 349. The molecule has 0 heterocycles. The summed E-state index contributed by atoms with van der Waals surface area (Å²) in [5.74, 6) is 0. The minimum Gasteiger partial charge on any atom is -0.227 e. The van der Waals surface area contributed by atoms with Crippen molar-refractivity contribution in [3.05, 3.63) is 30.3 Å². The lowest BCUT2D eigenvalue weighted by atomic mass is 10.3. The van der Waals surface area contributed by atoms with Gasteiger partial charge in [-0.25, -0.2) is 4.99 Å². The van der Waals surface area contributed by atoms with Crippen LogP contribution in [-0.2, 0) is 0 Å². The third-order valence-corrected chi connectivity index (χ3v) is 1.21. The molecule has 12 heavy (non-hydrogen) atoms. The molecule has 0 saturated carbocycles. The number of aliphatic imine (C=N–C) groups is 1. The Morgan fingerprint density at radius 1 is 1.08 bits per heavy atom. The molecule has 1 rings (SSSR count). The van der Waals surface area contributed by atoms with Crippen molar-refractivity contribution in [2.75, 3.05) is 0 Å². The highest BCUT2D eigenvalue weighted by Gasteiger charge is 1.92. The molecular weight excluding hydrogens is 150 g/mol. The zero-order valence-electron chi connectivity index (χ0n) is 6.23. The topological polar surface area (TPSA) is 59.9 Å². The zero-order chi connectivity index (χ0) is 8.81. The molecule has 0 aromatic heterocycles. The summed E-state index contributed by atoms with van der Waals surface area (Å²) >= 11 is 0. The summed E-state index contributed by atoms with van der Waals surface area (Å²) in [6.07, 6.45) is 0. The van der Waals surface area contributed by atoms with Crippen molar-refractivity contribution in [3.63, 3.8) is 0 Å². The van der Waals surface area contributed by atoms with Crippen molar-refractivity contribution in [2.45, 2.75) is 0 Å². The first-order valence-corrected chi connectivity index (χ1v) is 3.31. The monoisotopic (exact) mass is 155 g/mol. The largest absolute Gasteiger partial charge is 0.227 e. The number of benzene rings is 1. The van der Waals surface area contributed by atoms with Gasteiger partial charge in [0.05, 0.1) is 5.69 Å². The first-order chi connectivity index (χ1) is 5.86. The summed E-state index contributed by atoms with van der Waals surface area (Å²) in [4.78, 5) is 3.79. The zero-order valence-corrected chi connectivity index (χ0v) is 6.23. The Morgan fingerprint density at radius 2 is 1.67 bits per heavy atom. The summed E-state index contributed by atoms with van der Waals surface area (Å²) in [5, 5.41) is 16.8. The number of hydrogen-bond donors (Lipinski definition) is 0. The van der Waals surface area contributed by atoms with Crippen molar-refractivity contribution in [1.29, 1.82) is 10.5 Å². The highest BCUT2D eigenvalue weighted by Crippen LogP contribution is 2.09. The first-order valence-electron chi connectivity index (χ1n) is 3.31. The van der Waals surface area contributed by atoms with Crippen molar-refractivity contribution >= 4 is 11.4 Å². The van der Waals surface area contributed by atoms with E-state index in [0.29, 0.717) is 5.69 Å². The van der Waals surface area contributed by atoms with Crippen LogP contribution in [0.1, 0.15) is 0 Å². The SMILES string of the molecule is N#CC(C#N)=Nc1ccccc1. The van der Waals surface area contributed by atoms with Gasteiger partial charge in [-0.05, 0) is 12.1 Å². The van der Waals surface area contributed by atoms with Crippen molar-refractivity contribution in [1.82, 2.24) is 0 Å². The summed E-state index contributed by atoms with van der Waals surface area (Å²) < 4.78 is 0. The van der Waals surface area contributed by atoms with Crippen LogP contribution in [0.5, 0.6) is 0 Å². The molecule has 0 saturated heterocycles. The van der Waals surface area contributed by atoms with Gasteiger partial charge in [0.15, 0.2) is 0 Å². The van der Waals surface area contributed by atoms with Crippen LogP contribution in [0.4, 0.5) is 5.69 Å². The highest BCUT2D eigenvalue weighted by atomic mass is 14.7. The van der Waals surface area contributed by atoms with E-state index in [-0.39, 0.29) is 5.71 Å². The normalized spacial score (nSPS) is 7.83. The quantitative estimate of drug-likeness (QED) is 0.580. The van der Waals surface area contributed by atoms with Gasteiger partial charge in [-0.1, -0.05) is 18.2 Å². The molecule has 0 amide bonds. The van der Waals surface area contributed by atoms with E-state index in [1.165, 1.54) is 0 Å². The van der Waals surface area contributed by atoms with Gasteiger partial charge in [0.1, 0.15) is 12.1 Å². The van der Waals surface area contributed by atoms with E-state index in [1.54, 1.807) is 36.4 Å². The van der Waals surface area contributed by atoms with Crippen LogP contribution in [0.25, 0.3) is 0 Å². The van der Waals surface area contributed by atoms with Crippen LogP contribution in [0.15, 0.2) is 35.3 Å². The van der Waals surface area contributed by atoms with E-state index in [4.69, 9.17) is 10.5 Å². The number of rotatable bonds is 1. The molecule has 56 valence electrons. The average molecular weight is 155 g/mol. The second-order valence-corrected chi connectivity index (χ2v) is 2.02. The molecule has 0 bridgehead atoms. The van der Waals surface area contributed by atoms with E-state index in [2.05, 4.69) is 4.99 Å². The fourth-order valence-electron chi connectivity index (χ4n) is 0.707. The van der Waals surface area contributed by atoms with Crippen molar-refractivity contribution < 1.29 is 0 Å². The van der Waals surface area contributed by atoms with E-state index in [0.717, 1.165) is 0 Å². The molecule has 0 spiro atoms. The molecule has 0 aliphatic rings. The lowest BCUT2D eigenvalue weighted by molar-refractivity contribution is 1.48. The fraction of sp³-hybridized carbons (Fsp3) is 0. The Kier molecular flexibility index (Phi) is 2.59. The highest BCUT2D eigenvalue weighted by molar-refractivity contribution is 6.11. The van der Waals surface area contributed by atoms with Crippen molar-refractivity contribution in [3.8, 4) is 12.1 Å². The van der Waals surface area contributed by atoms with Gasteiger partial charge in [0.2, 0.25) is 5.71 Å². The first kappa shape index (κ1) is 7.97. The molecule has 0 fully saturated rings. The lowest BCUT2D eigenvalue weighted by Crippen LogP contribution is -1.85. The summed E-state index contributed by atoms with van der Waals surface area (Å²) in [6, 6.07) is 12.3. The summed E-state index contributed by atoms with van der Waals surface area (Å²) in [7, 11) is 0. The molecule has 0 N–H and O–H groups in total. The third kappa shape index (κ3) is 1.93. The molecule has 1 aromatic carbocycles. The minimum atomic E-state index is -0.124. The van der Waals surface area contributed by atoms with Gasteiger partial charge in [-0.15, -0.1) is 0 Å². The van der Waals surface area contributed by atoms with Crippen molar-refractivity contribution in [2.24, 2.45) is 4.99 Å². The van der Waals surface area contributed by atoms with Gasteiger partial charge in [-0.2, -0.15) is 10.5 Å². The van der Waals surface area contributed by atoms with Crippen LogP contribution in [0, 0.1) is 22.7 Å². The van der Waals surface area contributed by atoms with Gasteiger partial charge in [0.25, 0.3) is 0 Å². The Balaban J connectivity index is 2.98. The fourth-order valence-corrected chi connectivity index (χ4v) is 0.707. The van der Waals surface area contributed by atoms with E-state index in [1.807, 2.05) is 6.07 Å². The van der Waals surface area contributed by atoms with Crippen LogP contribution in [-0.4, -0.2) is 5.71 Å². The van der Waals surface area contributed by atoms with Gasteiger partial charge in [0, 0.05) is 0 Å². The molecule has 3 nitrogen and oxygen atoms in total. The predicted octanol–water partition coefficient (Wildman–Crippen LogP) is 1.81. The molecule has 0 aliphatic carbocycles. The van der Waals surface area contributed by atoms with Gasteiger partial charge >= 0.3 is 0 Å². The lowest BCUT2D eigenvalue weighted by Gasteiger charge is -1.88. The number of nitriles is 2. The second kappa shape index (κ2) is 3.90. The Hall–Kier alpha value is -2.13. The van der Waals surface area contributed by atoms with Crippen LogP contribution in [0.3, 0.4) is 0 Å². The maximum atomic E-state index is 8.38. The van der Waals surface area contributed by atoms with Gasteiger partial charge < -0.3 is 0 Å². The third-order valence-electron chi connectivity index (χ3n) is 1.21. The molecule has 1 aromatic rings. The molecule has 0 aliphatic heterocycles. The van der Waals surface area contributed by atoms with Gasteiger partial charge in [-0.3, -0.25) is 0 Å². The number of nitrogens with zero attached hydrogens (tertiary/aromatic N) is 3. The number of para-hydroxylation sites is 1. The predicted molar refractivity (Wildman–Crippen MR) is 44.8 cm³/mol. The number of hydrogen-bond acceptors (Lipinski definition) is 3.